The van der Waals surface area contributed by atoms with Gasteiger partial charge >= 0.3 is 18.0 Å². The minimum absolute atomic E-state index is 0.0463. The average Bonchev–Trinajstić information content (AvgIpc) is 3.32. The lowest BCUT2D eigenvalue weighted by molar-refractivity contribution is -0.155. The number of hydrogen-bond acceptors (Lipinski definition) is 9. The van der Waals surface area contributed by atoms with Gasteiger partial charge in [-0.1, -0.05) is 18.2 Å². The van der Waals surface area contributed by atoms with Gasteiger partial charge in [-0.2, -0.15) is 0 Å². The van der Waals surface area contributed by atoms with Crippen LogP contribution in [0.15, 0.2) is 54.6 Å². The summed E-state index contributed by atoms with van der Waals surface area (Å²) in [4.78, 5) is 53.9. The van der Waals surface area contributed by atoms with Crippen molar-refractivity contribution in [1.82, 2.24) is 15.1 Å². The summed E-state index contributed by atoms with van der Waals surface area (Å²) in [5.74, 6) is -2.01. The smallest absolute Gasteiger partial charge is 0.414 e. The van der Waals surface area contributed by atoms with Gasteiger partial charge in [0.15, 0.2) is 0 Å². The molecule has 4 rings (SSSR count). The number of amides is 2. The van der Waals surface area contributed by atoms with Crippen molar-refractivity contribution < 1.29 is 33.8 Å². The second kappa shape index (κ2) is 13.2. The molecule has 0 radical (unpaired) electrons. The maximum atomic E-state index is 12.6. The van der Waals surface area contributed by atoms with Crippen LogP contribution in [0.2, 0.25) is 0 Å². The van der Waals surface area contributed by atoms with Crippen LogP contribution in [-0.2, 0) is 19.1 Å². The Kier molecular flexibility index (Phi) is 9.46. The summed E-state index contributed by atoms with van der Waals surface area (Å²) in [6.07, 6.45) is -1.14. The Morgan fingerprint density at radius 3 is 2.35 bits per heavy atom. The molecule has 3 N–H and O–H groups in total. The molecule has 2 aromatic carbocycles. The van der Waals surface area contributed by atoms with Gasteiger partial charge < -0.3 is 19.9 Å². The molecule has 0 aliphatic carbocycles. The Bertz CT molecular complexity index is 1230. The third kappa shape index (κ3) is 7.21. The summed E-state index contributed by atoms with van der Waals surface area (Å²) < 4.78 is 10.7. The molecule has 40 heavy (non-hydrogen) atoms. The number of anilines is 1. The number of esters is 1. The second-order valence-corrected chi connectivity index (χ2v) is 9.56. The van der Waals surface area contributed by atoms with Crippen LogP contribution in [0.3, 0.4) is 0 Å². The molecule has 2 aromatic rings. The number of carbonyl (C=O) groups excluding carboxylic acids is 3. The fourth-order valence-corrected chi connectivity index (χ4v) is 4.79. The van der Waals surface area contributed by atoms with Gasteiger partial charge in [0.2, 0.25) is 0 Å². The largest absolute Gasteiger partial charge is 0.481 e. The molecule has 2 saturated heterocycles. The maximum Gasteiger partial charge on any atom is 0.414 e. The van der Waals surface area contributed by atoms with Crippen molar-refractivity contribution in [1.29, 1.82) is 5.41 Å². The molecular formula is C28H33N5O7. The van der Waals surface area contributed by atoms with E-state index in [2.05, 4.69) is 10.2 Å². The SMILES string of the molecule is CCOC(=O)C(CC(=O)O)N1CCN(CC2CN(c3ccc(C(=N)NC(=O)c4ccccc4)cc3)C(=O)O2)CC1. The number of carboxylic acids is 1. The van der Waals surface area contributed by atoms with Crippen LogP contribution >= 0.6 is 0 Å². The van der Waals surface area contributed by atoms with Crippen LogP contribution in [0.5, 0.6) is 0 Å². The number of benzene rings is 2. The molecule has 0 saturated carbocycles. The second-order valence-electron chi connectivity index (χ2n) is 9.56. The lowest BCUT2D eigenvalue weighted by Crippen LogP contribution is -2.54. The van der Waals surface area contributed by atoms with Gasteiger partial charge in [-0.3, -0.25) is 34.5 Å². The van der Waals surface area contributed by atoms with Crippen molar-refractivity contribution in [3.8, 4) is 0 Å². The van der Waals surface area contributed by atoms with Crippen LogP contribution in [0.25, 0.3) is 0 Å². The van der Waals surface area contributed by atoms with E-state index < -0.39 is 24.1 Å². The van der Waals surface area contributed by atoms with Crippen molar-refractivity contribution in [2.75, 3.05) is 50.8 Å². The summed E-state index contributed by atoms with van der Waals surface area (Å²) in [6, 6.07) is 14.6. The Morgan fingerprint density at radius 1 is 1.05 bits per heavy atom. The van der Waals surface area contributed by atoms with Gasteiger partial charge in [0.05, 0.1) is 19.6 Å². The van der Waals surface area contributed by atoms with Crippen molar-refractivity contribution >= 4 is 35.5 Å². The first kappa shape index (κ1) is 28.7. The van der Waals surface area contributed by atoms with Gasteiger partial charge in [-0.25, -0.2) is 4.79 Å². The van der Waals surface area contributed by atoms with Crippen LogP contribution in [0, 0.1) is 5.41 Å². The number of cyclic esters (lactones) is 1. The first-order valence-corrected chi connectivity index (χ1v) is 13.1. The predicted octanol–water partition coefficient (Wildman–Crippen LogP) is 1.79. The molecule has 2 atom stereocenters. The number of aliphatic carboxylic acids is 1. The molecule has 0 spiro atoms. The highest BCUT2D eigenvalue weighted by molar-refractivity contribution is 6.11. The number of carbonyl (C=O) groups is 4. The van der Waals surface area contributed by atoms with E-state index in [1.807, 2.05) is 11.0 Å². The summed E-state index contributed by atoms with van der Waals surface area (Å²) in [6.45, 7) is 4.91. The minimum Gasteiger partial charge on any atom is -0.481 e. The molecule has 2 amide bonds. The van der Waals surface area contributed by atoms with Crippen LogP contribution in [-0.4, -0.2) is 103 Å². The maximum absolute atomic E-state index is 12.6. The van der Waals surface area contributed by atoms with E-state index in [9.17, 15) is 24.3 Å². The van der Waals surface area contributed by atoms with E-state index >= 15 is 0 Å². The van der Waals surface area contributed by atoms with Gasteiger partial charge in [0.25, 0.3) is 5.91 Å². The molecule has 212 valence electrons. The normalized spacial score (nSPS) is 18.6. The van der Waals surface area contributed by atoms with Gasteiger partial charge in [0, 0.05) is 49.5 Å². The Balaban J connectivity index is 1.28. The molecule has 12 nitrogen and oxygen atoms in total. The number of hydrogen-bond donors (Lipinski definition) is 3. The first-order valence-electron chi connectivity index (χ1n) is 13.1. The van der Waals surface area contributed by atoms with Crippen LogP contribution in [0.4, 0.5) is 10.5 Å². The van der Waals surface area contributed by atoms with Gasteiger partial charge in [-0.15, -0.1) is 0 Å². The predicted molar refractivity (Wildman–Crippen MR) is 145 cm³/mol. The van der Waals surface area contributed by atoms with E-state index in [1.165, 1.54) is 4.90 Å². The monoisotopic (exact) mass is 551 g/mol. The third-order valence-electron chi connectivity index (χ3n) is 6.85. The molecule has 2 aliphatic rings. The lowest BCUT2D eigenvalue weighted by Gasteiger charge is -2.38. The molecule has 2 unspecified atom stereocenters. The summed E-state index contributed by atoms with van der Waals surface area (Å²) in [5, 5.41) is 20.0. The average molecular weight is 552 g/mol. The highest BCUT2D eigenvalue weighted by atomic mass is 16.6. The number of carboxylic acid groups (broad SMARTS) is 1. The van der Waals surface area contributed by atoms with Crippen LogP contribution < -0.4 is 10.2 Å². The summed E-state index contributed by atoms with van der Waals surface area (Å²) >= 11 is 0. The summed E-state index contributed by atoms with van der Waals surface area (Å²) in [5.41, 5.74) is 1.57. The van der Waals surface area contributed by atoms with Gasteiger partial charge in [0.1, 0.15) is 18.0 Å². The minimum atomic E-state index is -1.06. The number of rotatable bonds is 10. The molecule has 2 aliphatic heterocycles. The number of amidine groups is 1. The van der Waals surface area contributed by atoms with E-state index in [4.69, 9.17) is 14.9 Å². The molecular weight excluding hydrogens is 518 g/mol. The van der Waals surface area contributed by atoms with E-state index in [0.29, 0.717) is 56.1 Å². The van der Waals surface area contributed by atoms with Crippen LogP contribution in [0.1, 0.15) is 29.3 Å². The van der Waals surface area contributed by atoms with Crippen molar-refractivity contribution in [2.24, 2.45) is 0 Å². The Morgan fingerprint density at radius 2 is 1.73 bits per heavy atom. The van der Waals surface area contributed by atoms with E-state index in [-0.39, 0.29) is 30.9 Å². The zero-order valence-corrected chi connectivity index (χ0v) is 22.2. The quantitative estimate of drug-likeness (QED) is 0.228. The van der Waals surface area contributed by atoms with Crippen molar-refractivity contribution in [3.05, 3.63) is 65.7 Å². The molecule has 2 fully saturated rings. The summed E-state index contributed by atoms with van der Waals surface area (Å²) in [7, 11) is 0. The van der Waals surface area contributed by atoms with Crippen molar-refractivity contribution in [3.63, 3.8) is 0 Å². The number of piperazine rings is 1. The van der Waals surface area contributed by atoms with Crippen molar-refractivity contribution in [2.45, 2.75) is 25.5 Å². The van der Waals surface area contributed by atoms with E-state index in [0.717, 1.165) is 0 Å². The fraction of sp³-hybridized carbons (Fsp3) is 0.393. The molecule has 2 heterocycles. The fourth-order valence-electron chi connectivity index (χ4n) is 4.79. The first-order chi connectivity index (χ1) is 19.2. The highest BCUT2D eigenvalue weighted by Crippen LogP contribution is 2.23. The Labute approximate surface area is 231 Å². The third-order valence-corrected chi connectivity index (χ3v) is 6.85. The molecule has 0 bridgehead atoms. The zero-order valence-electron chi connectivity index (χ0n) is 22.2. The number of nitrogens with one attached hydrogen (secondary N) is 2. The number of nitrogens with zero attached hydrogens (tertiary/aromatic N) is 3. The lowest BCUT2D eigenvalue weighted by atomic mass is 10.1. The molecule has 0 aromatic heterocycles. The Hall–Kier alpha value is -4.29. The standard InChI is InChI=1S/C28H33N5O7/c1-2-39-27(37)23(16-24(34)35)32-14-12-31(13-15-32)17-22-18-33(28(38)40-22)21-10-8-19(9-11-21)25(29)30-26(36)20-6-4-3-5-7-20/h3-11,22-23H,2,12-18H2,1H3,(H,34,35)(H2,29,30,36). The highest BCUT2D eigenvalue weighted by Gasteiger charge is 2.36. The topological polar surface area (TPSA) is 153 Å². The van der Waals surface area contributed by atoms with E-state index in [1.54, 1.807) is 55.5 Å². The molecule has 12 heteroatoms. The number of ether oxygens (including phenoxy) is 2. The zero-order chi connectivity index (χ0) is 28.6. The van der Waals surface area contributed by atoms with Gasteiger partial charge in [-0.05, 0) is 43.3 Å².